The van der Waals surface area contributed by atoms with E-state index in [2.05, 4.69) is 38.9 Å². The summed E-state index contributed by atoms with van der Waals surface area (Å²) in [5.74, 6) is 1.20. The number of anilines is 2. The molecule has 0 saturated heterocycles. The molecule has 0 radical (unpaired) electrons. The molecule has 0 aliphatic heterocycles. The molecule has 19 heavy (non-hydrogen) atoms. The van der Waals surface area contributed by atoms with Gasteiger partial charge in [-0.05, 0) is 12.8 Å². The molecule has 0 spiro atoms. The van der Waals surface area contributed by atoms with Crippen LogP contribution in [0.3, 0.4) is 0 Å². The van der Waals surface area contributed by atoms with E-state index < -0.39 is 0 Å². The van der Waals surface area contributed by atoms with Gasteiger partial charge in [-0.25, -0.2) is 0 Å². The number of nitrogen functional groups attached to an aromatic ring is 1. The highest BCUT2D eigenvalue weighted by Crippen LogP contribution is 2.23. The molecule has 6 nitrogen and oxygen atoms in total. The predicted molar refractivity (Wildman–Crippen MR) is 78.1 cm³/mol. The van der Waals surface area contributed by atoms with Gasteiger partial charge in [-0.15, -0.1) is 0 Å². The molecule has 6 heteroatoms. The van der Waals surface area contributed by atoms with Crippen LogP contribution in [0.2, 0.25) is 0 Å². The van der Waals surface area contributed by atoms with Crippen molar-refractivity contribution in [3.05, 3.63) is 6.20 Å². The summed E-state index contributed by atoms with van der Waals surface area (Å²) in [4.78, 5) is 10.9. The van der Waals surface area contributed by atoms with Crippen molar-refractivity contribution in [2.45, 2.75) is 39.5 Å². The molecule has 0 amide bonds. The molecule has 3 N–H and O–H groups in total. The first kappa shape index (κ1) is 13.6. The Balaban J connectivity index is 2.33. The summed E-state index contributed by atoms with van der Waals surface area (Å²) in [5, 5.41) is 7.84. The maximum Gasteiger partial charge on any atom is 0.224 e. The molecule has 0 aliphatic carbocycles. The van der Waals surface area contributed by atoms with Gasteiger partial charge < -0.3 is 10.6 Å². The van der Waals surface area contributed by atoms with Gasteiger partial charge in [0, 0.05) is 13.1 Å². The van der Waals surface area contributed by atoms with Crippen LogP contribution in [0, 0.1) is 0 Å². The zero-order chi connectivity index (χ0) is 13.7. The lowest BCUT2D eigenvalue weighted by Gasteiger charge is -2.24. The Morgan fingerprint density at radius 3 is 2.47 bits per heavy atom. The molecule has 0 aromatic carbocycles. The average molecular weight is 262 g/mol. The summed E-state index contributed by atoms with van der Waals surface area (Å²) in [5.41, 5.74) is 6.49. The van der Waals surface area contributed by atoms with E-state index in [0.717, 1.165) is 50.0 Å². The zero-order valence-corrected chi connectivity index (χ0v) is 11.7. The van der Waals surface area contributed by atoms with Crippen molar-refractivity contribution in [3.63, 3.8) is 0 Å². The van der Waals surface area contributed by atoms with Gasteiger partial charge in [0.25, 0.3) is 0 Å². The average Bonchev–Trinajstić information content (AvgIpc) is 2.86. The van der Waals surface area contributed by atoms with Gasteiger partial charge in [0.2, 0.25) is 5.95 Å². The number of unbranched alkanes of at least 4 members (excludes halogenated alkanes) is 2. The fourth-order valence-corrected chi connectivity index (χ4v) is 2.10. The van der Waals surface area contributed by atoms with E-state index in [4.69, 9.17) is 5.73 Å². The van der Waals surface area contributed by atoms with Gasteiger partial charge in [-0.3, -0.25) is 5.10 Å². The number of hydrogen-bond acceptors (Lipinski definition) is 5. The number of aromatic amines is 1. The van der Waals surface area contributed by atoms with E-state index >= 15 is 0 Å². The molecular formula is C13H22N6. The van der Waals surface area contributed by atoms with Gasteiger partial charge in [0.15, 0.2) is 5.65 Å². The van der Waals surface area contributed by atoms with Gasteiger partial charge in [-0.2, -0.15) is 15.1 Å². The minimum Gasteiger partial charge on any atom is -0.368 e. The van der Waals surface area contributed by atoms with E-state index in [1.807, 2.05) is 0 Å². The second kappa shape index (κ2) is 6.36. The molecule has 2 aromatic rings. The highest BCUT2D eigenvalue weighted by Gasteiger charge is 2.14. The Morgan fingerprint density at radius 1 is 1.16 bits per heavy atom. The van der Waals surface area contributed by atoms with Gasteiger partial charge >= 0.3 is 0 Å². The summed E-state index contributed by atoms with van der Waals surface area (Å²) in [7, 11) is 0. The van der Waals surface area contributed by atoms with E-state index in [-0.39, 0.29) is 0 Å². The molecule has 2 rings (SSSR count). The van der Waals surface area contributed by atoms with Crippen LogP contribution in [-0.4, -0.2) is 33.3 Å². The molecule has 0 saturated carbocycles. The molecule has 2 heterocycles. The van der Waals surface area contributed by atoms with E-state index in [1.54, 1.807) is 6.20 Å². The normalized spacial score (nSPS) is 11.1. The highest BCUT2D eigenvalue weighted by molar-refractivity contribution is 5.87. The summed E-state index contributed by atoms with van der Waals surface area (Å²) in [6.07, 6.45) is 6.39. The molecule has 0 atom stereocenters. The first-order valence-corrected chi connectivity index (χ1v) is 6.97. The van der Waals surface area contributed by atoms with Crippen LogP contribution in [0.5, 0.6) is 0 Å². The van der Waals surface area contributed by atoms with Crippen molar-refractivity contribution in [1.82, 2.24) is 20.2 Å². The smallest absolute Gasteiger partial charge is 0.224 e. The van der Waals surface area contributed by atoms with Crippen molar-refractivity contribution in [1.29, 1.82) is 0 Å². The largest absolute Gasteiger partial charge is 0.368 e. The van der Waals surface area contributed by atoms with Crippen molar-refractivity contribution < 1.29 is 0 Å². The first-order chi connectivity index (χ1) is 9.26. The van der Waals surface area contributed by atoms with Crippen molar-refractivity contribution in [2.24, 2.45) is 0 Å². The van der Waals surface area contributed by atoms with Crippen LogP contribution in [0.15, 0.2) is 6.20 Å². The lowest BCUT2D eigenvalue weighted by Crippen LogP contribution is -2.27. The minimum atomic E-state index is 0.296. The third-order valence-corrected chi connectivity index (χ3v) is 3.17. The summed E-state index contributed by atoms with van der Waals surface area (Å²) in [6.45, 7) is 6.38. The van der Waals surface area contributed by atoms with E-state index in [1.165, 1.54) is 0 Å². The highest BCUT2D eigenvalue weighted by atomic mass is 15.2. The van der Waals surface area contributed by atoms with E-state index in [9.17, 15) is 0 Å². The Kier molecular flexibility index (Phi) is 4.54. The monoisotopic (exact) mass is 262 g/mol. The standard InChI is InChI=1S/C13H22N6/c1-3-5-7-19(8-6-4-2)12-10-9-15-18-11(10)16-13(14)17-12/h9H,3-8H2,1-2H3,(H3,14,15,16,17,18). The summed E-state index contributed by atoms with van der Waals surface area (Å²) in [6, 6.07) is 0. The van der Waals surface area contributed by atoms with Crippen LogP contribution in [0.4, 0.5) is 11.8 Å². The number of fused-ring (bicyclic) bond motifs is 1. The van der Waals surface area contributed by atoms with Crippen molar-refractivity contribution in [2.75, 3.05) is 23.7 Å². The summed E-state index contributed by atoms with van der Waals surface area (Å²) >= 11 is 0. The van der Waals surface area contributed by atoms with Crippen LogP contribution in [0.1, 0.15) is 39.5 Å². The molecule has 0 aliphatic rings. The van der Waals surface area contributed by atoms with Gasteiger partial charge in [-0.1, -0.05) is 26.7 Å². The second-order valence-electron chi connectivity index (χ2n) is 4.73. The predicted octanol–water partition coefficient (Wildman–Crippen LogP) is 2.34. The second-order valence-corrected chi connectivity index (χ2v) is 4.73. The SMILES string of the molecule is CCCCN(CCCC)c1nc(N)nc2[nH]ncc12. The fraction of sp³-hybridized carbons (Fsp3) is 0.615. The van der Waals surface area contributed by atoms with Crippen molar-refractivity contribution >= 4 is 22.8 Å². The third-order valence-electron chi connectivity index (χ3n) is 3.17. The number of rotatable bonds is 7. The topological polar surface area (TPSA) is 83.7 Å². The van der Waals surface area contributed by atoms with E-state index in [0.29, 0.717) is 11.6 Å². The van der Waals surface area contributed by atoms with Crippen LogP contribution in [-0.2, 0) is 0 Å². The Bertz CT molecular complexity index is 513. The molecule has 0 unspecified atom stereocenters. The molecule has 104 valence electrons. The fourth-order valence-electron chi connectivity index (χ4n) is 2.10. The number of nitrogens with zero attached hydrogens (tertiary/aromatic N) is 4. The summed E-state index contributed by atoms with van der Waals surface area (Å²) < 4.78 is 0. The number of aromatic nitrogens is 4. The number of nitrogens with one attached hydrogen (secondary N) is 1. The zero-order valence-electron chi connectivity index (χ0n) is 11.7. The third kappa shape index (κ3) is 3.13. The number of hydrogen-bond donors (Lipinski definition) is 2. The minimum absolute atomic E-state index is 0.296. The van der Waals surface area contributed by atoms with Crippen LogP contribution < -0.4 is 10.6 Å². The number of H-pyrrole nitrogens is 1. The van der Waals surface area contributed by atoms with Gasteiger partial charge in [0.05, 0.1) is 11.6 Å². The van der Waals surface area contributed by atoms with Crippen LogP contribution in [0.25, 0.3) is 11.0 Å². The lowest BCUT2D eigenvalue weighted by molar-refractivity contribution is 0.673. The maximum absolute atomic E-state index is 5.78. The molecule has 0 bridgehead atoms. The quantitative estimate of drug-likeness (QED) is 0.800. The van der Waals surface area contributed by atoms with Gasteiger partial charge in [0.1, 0.15) is 5.82 Å². The Morgan fingerprint density at radius 2 is 1.84 bits per heavy atom. The Hall–Kier alpha value is -1.85. The molecule has 0 fully saturated rings. The lowest BCUT2D eigenvalue weighted by atomic mass is 10.2. The maximum atomic E-state index is 5.78. The van der Waals surface area contributed by atoms with Crippen molar-refractivity contribution in [3.8, 4) is 0 Å². The number of nitrogens with two attached hydrogens (primary N) is 1. The van der Waals surface area contributed by atoms with Crippen LogP contribution >= 0.6 is 0 Å². The molecule has 2 aromatic heterocycles. The first-order valence-electron chi connectivity index (χ1n) is 6.97. The molecular weight excluding hydrogens is 240 g/mol. The Labute approximate surface area is 113 Å².